The normalized spacial score (nSPS) is 11.2. The summed E-state index contributed by atoms with van der Waals surface area (Å²) >= 11 is 0. The van der Waals surface area contributed by atoms with Gasteiger partial charge in [-0.2, -0.15) is 0 Å². The molecule has 0 heterocycles. The molecule has 2 N–H and O–H groups in total. The predicted octanol–water partition coefficient (Wildman–Crippen LogP) is 2.85. The van der Waals surface area contributed by atoms with Crippen molar-refractivity contribution in [2.24, 2.45) is 0 Å². The van der Waals surface area contributed by atoms with E-state index in [0.29, 0.717) is 5.69 Å². The summed E-state index contributed by atoms with van der Waals surface area (Å²) in [4.78, 5) is 11.7. The van der Waals surface area contributed by atoms with E-state index < -0.39 is 0 Å². The summed E-state index contributed by atoms with van der Waals surface area (Å²) < 4.78 is 13.1. The molecule has 1 aromatic rings. The molecular weight excluding hydrogens is 231 g/mol. The van der Waals surface area contributed by atoms with E-state index in [-0.39, 0.29) is 23.8 Å². The van der Waals surface area contributed by atoms with E-state index in [0.717, 1.165) is 12.0 Å². The predicted molar refractivity (Wildman–Crippen MR) is 72.1 cm³/mol. The number of halogens is 1. The van der Waals surface area contributed by atoms with Crippen molar-refractivity contribution >= 4 is 11.6 Å². The number of aryl methyl sites for hydroxylation is 1. The van der Waals surface area contributed by atoms with E-state index in [2.05, 4.69) is 10.6 Å². The van der Waals surface area contributed by atoms with Gasteiger partial charge in [-0.25, -0.2) is 4.39 Å². The molecule has 1 rings (SSSR count). The lowest BCUT2D eigenvalue weighted by molar-refractivity contribution is -0.121. The van der Waals surface area contributed by atoms with Gasteiger partial charge in [-0.15, -0.1) is 0 Å². The second-order valence-corrected chi connectivity index (χ2v) is 5.10. The molecular formula is C14H21FN2O. The Balaban J connectivity index is 2.55. The SMILES string of the molecule is CCC(C)(C)NC(=O)CNc1cc(F)ccc1C. The van der Waals surface area contributed by atoms with E-state index in [9.17, 15) is 9.18 Å². The molecule has 0 saturated carbocycles. The third-order valence-corrected chi connectivity index (χ3v) is 3.00. The van der Waals surface area contributed by atoms with Crippen molar-refractivity contribution < 1.29 is 9.18 Å². The van der Waals surface area contributed by atoms with Gasteiger partial charge in [0.25, 0.3) is 0 Å². The maximum Gasteiger partial charge on any atom is 0.239 e. The van der Waals surface area contributed by atoms with Crippen molar-refractivity contribution in [2.75, 3.05) is 11.9 Å². The topological polar surface area (TPSA) is 41.1 Å². The first-order valence-electron chi connectivity index (χ1n) is 6.15. The van der Waals surface area contributed by atoms with E-state index in [1.165, 1.54) is 12.1 Å². The summed E-state index contributed by atoms with van der Waals surface area (Å²) in [5.41, 5.74) is 1.36. The fourth-order valence-corrected chi connectivity index (χ4v) is 1.47. The summed E-state index contributed by atoms with van der Waals surface area (Å²) in [5.74, 6) is -0.400. The zero-order chi connectivity index (χ0) is 13.8. The highest BCUT2D eigenvalue weighted by Gasteiger charge is 2.17. The van der Waals surface area contributed by atoms with Gasteiger partial charge < -0.3 is 10.6 Å². The zero-order valence-corrected chi connectivity index (χ0v) is 11.4. The molecule has 0 aliphatic rings. The highest BCUT2D eigenvalue weighted by molar-refractivity contribution is 5.81. The van der Waals surface area contributed by atoms with Crippen LogP contribution in [0, 0.1) is 12.7 Å². The smallest absolute Gasteiger partial charge is 0.239 e. The summed E-state index contributed by atoms with van der Waals surface area (Å²) in [6, 6.07) is 4.49. The van der Waals surface area contributed by atoms with Crippen LogP contribution in [0.25, 0.3) is 0 Å². The van der Waals surface area contributed by atoms with Crippen molar-refractivity contribution in [2.45, 2.75) is 39.7 Å². The molecule has 4 heteroatoms. The molecule has 3 nitrogen and oxygen atoms in total. The average Bonchev–Trinajstić information content (AvgIpc) is 2.30. The van der Waals surface area contributed by atoms with Crippen LogP contribution in [0.4, 0.5) is 10.1 Å². The van der Waals surface area contributed by atoms with Crippen LogP contribution in [0.2, 0.25) is 0 Å². The van der Waals surface area contributed by atoms with E-state index in [4.69, 9.17) is 0 Å². The molecule has 1 aromatic carbocycles. The van der Waals surface area contributed by atoms with E-state index in [1.54, 1.807) is 6.07 Å². The zero-order valence-electron chi connectivity index (χ0n) is 11.4. The molecule has 100 valence electrons. The van der Waals surface area contributed by atoms with Crippen LogP contribution in [0.15, 0.2) is 18.2 Å². The minimum absolute atomic E-state index is 0.0921. The standard InChI is InChI=1S/C14H21FN2O/c1-5-14(3,4)17-13(18)9-16-12-8-11(15)7-6-10(12)2/h6-8,16H,5,9H2,1-4H3,(H,17,18). The van der Waals surface area contributed by atoms with Crippen molar-refractivity contribution in [1.82, 2.24) is 5.32 Å². The van der Waals surface area contributed by atoms with Crippen molar-refractivity contribution in [3.8, 4) is 0 Å². The molecule has 0 aliphatic heterocycles. The second-order valence-electron chi connectivity index (χ2n) is 5.10. The molecule has 0 atom stereocenters. The largest absolute Gasteiger partial charge is 0.376 e. The number of nitrogens with one attached hydrogen (secondary N) is 2. The number of anilines is 1. The Hall–Kier alpha value is -1.58. The second kappa shape index (κ2) is 5.85. The Morgan fingerprint density at radius 2 is 2.06 bits per heavy atom. The number of carbonyl (C=O) groups is 1. The Kier molecular flexibility index (Phi) is 4.70. The van der Waals surface area contributed by atoms with Crippen LogP contribution in [0.3, 0.4) is 0 Å². The Morgan fingerprint density at radius 1 is 1.39 bits per heavy atom. The lowest BCUT2D eigenvalue weighted by Crippen LogP contribution is -2.45. The van der Waals surface area contributed by atoms with Gasteiger partial charge in [0.15, 0.2) is 0 Å². The summed E-state index contributed by atoms with van der Waals surface area (Å²) in [6.07, 6.45) is 0.859. The van der Waals surface area contributed by atoms with Gasteiger partial charge in [0, 0.05) is 11.2 Å². The average molecular weight is 252 g/mol. The Bertz CT molecular complexity index is 430. The van der Waals surface area contributed by atoms with Crippen LogP contribution in [-0.4, -0.2) is 18.0 Å². The van der Waals surface area contributed by atoms with Crippen LogP contribution in [-0.2, 0) is 4.79 Å². The molecule has 0 aromatic heterocycles. The number of amides is 1. The molecule has 0 fully saturated rings. The summed E-state index contributed by atoms with van der Waals surface area (Å²) in [7, 11) is 0. The first-order chi connectivity index (χ1) is 8.34. The number of rotatable bonds is 5. The van der Waals surface area contributed by atoms with Crippen LogP contribution in [0.5, 0.6) is 0 Å². The molecule has 0 bridgehead atoms. The van der Waals surface area contributed by atoms with Gasteiger partial charge in [-0.3, -0.25) is 4.79 Å². The third kappa shape index (κ3) is 4.35. The highest BCUT2D eigenvalue weighted by Crippen LogP contribution is 2.15. The van der Waals surface area contributed by atoms with Gasteiger partial charge in [0.1, 0.15) is 5.82 Å². The molecule has 18 heavy (non-hydrogen) atoms. The fourth-order valence-electron chi connectivity index (χ4n) is 1.47. The number of hydrogen-bond acceptors (Lipinski definition) is 2. The summed E-state index contributed by atoms with van der Waals surface area (Å²) in [6.45, 7) is 7.98. The van der Waals surface area contributed by atoms with Crippen LogP contribution in [0.1, 0.15) is 32.8 Å². The third-order valence-electron chi connectivity index (χ3n) is 3.00. The number of benzene rings is 1. The minimum atomic E-state index is -0.308. The van der Waals surface area contributed by atoms with Crippen molar-refractivity contribution in [1.29, 1.82) is 0 Å². The van der Waals surface area contributed by atoms with Gasteiger partial charge in [0.05, 0.1) is 6.54 Å². The first-order valence-corrected chi connectivity index (χ1v) is 6.15. The monoisotopic (exact) mass is 252 g/mol. The molecule has 1 amide bonds. The Labute approximate surface area is 108 Å². The molecule has 0 unspecified atom stereocenters. The minimum Gasteiger partial charge on any atom is -0.376 e. The van der Waals surface area contributed by atoms with Gasteiger partial charge >= 0.3 is 0 Å². The van der Waals surface area contributed by atoms with Gasteiger partial charge in [-0.1, -0.05) is 13.0 Å². The lowest BCUT2D eigenvalue weighted by atomic mass is 10.0. The van der Waals surface area contributed by atoms with E-state index >= 15 is 0 Å². The molecule has 0 radical (unpaired) electrons. The van der Waals surface area contributed by atoms with Gasteiger partial charge in [-0.05, 0) is 44.9 Å². The Morgan fingerprint density at radius 3 is 2.67 bits per heavy atom. The van der Waals surface area contributed by atoms with Crippen LogP contribution < -0.4 is 10.6 Å². The highest BCUT2D eigenvalue weighted by atomic mass is 19.1. The first kappa shape index (κ1) is 14.5. The van der Waals surface area contributed by atoms with Gasteiger partial charge in [0.2, 0.25) is 5.91 Å². The number of hydrogen-bond donors (Lipinski definition) is 2. The van der Waals surface area contributed by atoms with Crippen molar-refractivity contribution in [3.63, 3.8) is 0 Å². The van der Waals surface area contributed by atoms with Crippen molar-refractivity contribution in [3.05, 3.63) is 29.6 Å². The quantitative estimate of drug-likeness (QED) is 0.846. The molecule has 0 saturated heterocycles. The summed E-state index contributed by atoms with van der Waals surface area (Å²) in [5, 5.41) is 5.86. The molecule has 0 aliphatic carbocycles. The maximum atomic E-state index is 13.1. The molecule has 0 spiro atoms. The fraction of sp³-hybridized carbons (Fsp3) is 0.500. The maximum absolute atomic E-state index is 13.1. The number of carbonyl (C=O) groups excluding carboxylic acids is 1. The van der Waals surface area contributed by atoms with Crippen LogP contribution >= 0.6 is 0 Å². The van der Waals surface area contributed by atoms with E-state index in [1.807, 2.05) is 27.7 Å². The lowest BCUT2D eigenvalue weighted by Gasteiger charge is -2.24.